The minimum Gasteiger partial charge on any atom is -0.424 e. The second-order valence-electron chi connectivity index (χ2n) is 4.50. The van der Waals surface area contributed by atoms with E-state index in [2.05, 4.69) is 23.3 Å². The maximum atomic E-state index is 12.0. The number of esters is 2. The lowest BCUT2D eigenvalue weighted by molar-refractivity contribution is 0.0636. The number of carbonyl (C=O) groups is 2. The van der Waals surface area contributed by atoms with Crippen LogP contribution in [0.3, 0.4) is 0 Å². The number of allylic oxidation sites excluding steroid dienone is 1. The maximum absolute atomic E-state index is 12.0. The zero-order valence-electron chi connectivity index (χ0n) is 12.7. The third kappa shape index (κ3) is 4.74. The summed E-state index contributed by atoms with van der Waals surface area (Å²) in [7, 11) is 0. The number of aromatic nitrogens is 1. The highest BCUT2D eigenvalue weighted by atomic mass is 16.5. The van der Waals surface area contributed by atoms with Crippen molar-refractivity contribution in [2.24, 2.45) is 4.99 Å². The van der Waals surface area contributed by atoms with Crippen LogP contribution in [0.15, 0.2) is 78.4 Å². The van der Waals surface area contributed by atoms with E-state index in [1.54, 1.807) is 12.1 Å². The molecule has 0 saturated carbocycles. The normalized spacial score (nSPS) is 10.2. The molecule has 0 radical (unpaired) electrons. The van der Waals surface area contributed by atoms with Crippen LogP contribution in [-0.2, 0) is 4.74 Å². The van der Waals surface area contributed by atoms with Gasteiger partial charge in [0, 0.05) is 18.6 Å². The van der Waals surface area contributed by atoms with Crippen LogP contribution >= 0.6 is 0 Å². The third-order valence-corrected chi connectivity index (χ3v) is 2.81. The van der Waals surface area contributed by atoms with Crippen molar-refractivity contribution in [3.63, 3.8) is 0 Å². The number of pyridine rings is 1. The molecule has 1 heterocycles. The topological polar surface area (TPSA) is 77.8 Å². The summed E-state index contributed by atoms with van der Waals surface area (Å²) in [5.41, 5.74) is 0.578. The molecule has 0 aliphatic carbocycles. The molecule has 0 fully saturated rings. The summed E-state index contributed by atoms with van der Waals surface area (Å²) in [6, 6.07) is 9.03. The van der Waals surface area contributed by atoms with Crippen molar-refractivity contribution in [1.29, 1.82) is 0 Å². The first-order valence-corrected chi connectivity index (χ1v) is 6.86. The third-order valence-electron chi connectivity index (χ3n) is 2.81. The van der Waals surface area contributed by atoms with E-state index >= 15 is 0 Å². The Morgan fingerprint density at radius 3 is 2.17 bits per heavy atom. The molecule has 0 saturated heterocycles. The Labute approximate surface area is 138 Å². The molecule has 0 bridgehead atoms. The van der Waals surface area contributed by atoms with Gasteiger partial charge in [0.2, 0.25) is 0 Å². The summed E-state index contributed by atoms with van der Waals surface area (Å²) >= 11 is 0. The van der Waals surface area contributed by atoms with Gasteiger partial charge in [0.05, 0.1) is 11.1 Å². The zero-order chi connectivity index (χ0) is 17.4. The van der Waals surface area contributed by atoms with Crippen molar-refractivity contribution in [3.05, 3.63) is 84.5 Å². The second-order valence-corrected chi connectivity index (χ2v) is 4.50. The molecule has 0 aliphatic heterocycles. The molecule has 1 aromatic heterocycles. The molecule has 0 aliphatic rings. The van der Waals surface area contributed by atoms with Crippen molar-refractivity contribution in [2.75, 3.05) is 0 Å². The highest BCUT2D eigenvalue weighted by Gasteiger charge is 2.12. The van der Waals surface area contributed by atoms with Crippen molar-refractivity contribution in [2.45, 2.75) is 0 Å². The number of aliphatic imine (C=N–C) groups is 1. The number of rotatable bonds is 6. The van der Waals surface area contributed by atoms with Gasteiger partial charge in [0.25, 0.3) is 0 Å². The molecule has 0 atom stereocenters. The number of hydrogen-bond donors (Lipinski definition) is 0. The Morgan fingerprint density at radius 1 is 1.00 bits per heavy atom. The molecule has 2 aromatic rings. The van der Waals surface area contributed by atoms with Crippen molar-refractivity contribution in [3.8, 4) is 5.75 Å². The smallest absolute Gasteiger partial charge is 0.343 e. The summed E-state index contributed by atoms with van der Waals surface area (Å²) in [5, 5.41) is 0. The summed E-state index contributed by atoms with van der Waals surface area (Å²) in [6.07, 6.45) is 5.80. The van der Waals surface area contributed by atoms with E-state index in [9.17, 15) is 9.59 Å². The van der Waals surface area contributed by atoms with E-state index < -0.39 is 11.9 Å². The van der Waals surface area contributed by atoms with E-state index in [-0.39, 0.29) is 11.3 Å². The Hall–Kier alpha value is -3.54. The molecule has 0 unspecified atom stereocenters. The van der Waals surface area contributed by atoms with Gasteiger partial charge >= 0.3 is 11.9 Å². The lowest BCUT2D eigenvalue weighted by Crippen LogP contribution is -2.09. The zero-order valence-corrected chi connectivity index (χ0v) is 12.7. The number of ether oxygens (including phenoxy) is 2. The Morgan fingerprint density at radius 2 is 1.58 bits per heavy atom. The molecule has 120 valence electrons. The standard InChI is InChI=1S/C18H14N2O4/c1-13(7-10-19-2)23-17(21)14-3-5-15(6-4-14)18(22)24-16-8-11-20-12-9-16/h3-12H,1-2H2/b10-7-. The van der Waals surface area contributed by atoms with Crippen LogP contribution < -0.4 is 4.74 Å². The second kappa shape index (κ2) is 8.19. The lowest BCUT2D eigenvalue weighted by atomic mass is 10.1. The fourth-order valence-electron chi connectivity index (χ4n) is 1.66. The predicted molar refractivity (Wildman–Crippen MR) is 88.9 cm³/mol. The highest BCUT2D eigenvalue weighted by Crippen LogP contribution is 2.13. The first kappa shape index (κ1) is 16.8. The lowest BCUT2D eigenvalue weighted by Gasteiger charge is -2.06. The van der Waals surface area contributed by atoms with Gasteiger partial charge in [-0.25, -0.2) is 9.59 Å². The first-order chi connectivity index (χ1) is 11.6. The molecule has 6 heteroatoms. The SMILES string of the molecule is C=N/C=C\C(=C)OC(=O)c1ccc(C(=O)Oc2ccncc2)cc1. The molecule has 6 nitrogen and oxygen atoms in total. The fourth-order valence-corrected chi connectivity index (χ4v) is 1.66. The predicted octanol–water partition coefficient (Wildman–Crippen LogP) is 3.19. The summed E-state index contributed by atoms with van der Waals surface area (Å²) in [4.78, 5) is 31.2. The van der Waals surface area contributed by atoms with Gasteiger partial charge in [-0.15, -0.1) is 0 Å². The van der Waals surface area contributed by atoms with E-state index in [4.69, 9.17) is 9.47 Å². The van der Waals surface area contributed by atoms with Crippen LogP contribution in [0, 0.1) is 0 Å². The summed E-state index contributed by atoms with van der Waals surface area (Å²) in [5.74, 6) is -0.612. The van der Waals surface area contributed by atoms with Gasteiger partial charge < -0.3 is 9.47 Å². The molecule has 2 rings (SSSR count). The number of nitrogens with zero attached hydrogens (tertiary/aromatic N) is 2. The van der Waals surface area contributed by atoms with Crippen LogP contribution in [0.25, 0.3) is 0 Å². The molecular formula is C18H14N2O4. The van der Waals surface area contributed by atoms with Gasteiger partial charge in [-0.2, -0.15) is 0 Å². The van der Waals surface area contributed by atoms with Crippen LogP contribution in [0.4, 0.5) is 0 Å². The van der Waals surface area contributed by atoms with Gasteiger partial charge in [0.1, 0.15) is 11.5 Å². The molecule has 24 heavy (non-hydrogen) atoms. The maximum Gasteiger partial charge on any atom is 0.343 e. The van der Waals surface area contributed by atoms with E-state index in [0.717, 1.165) is 0 Å². The van der Waals surface area contributed by atoms with Gasteiger partial charge in [-0.05, 0) is 49.2 Å². The molecular weight excluding hydrogens is 308 g/mol. The highest BCUT2D eigenvalue weighted by molar-refractivity contribution is 5.94. The van der Waals surface area contributed by atoms with Crippen LogP contribution in [0.5, 0.6) is 5.75 Å². The van der Waals surface area contributed by atoms with Crippen LogP contribution in [0.2, 0.25) is 0 Å². The fraction of sp³-hybridized carbons (Fsp3) is 0. The first-order valence-electron chi connectivity index (χ1n) is 6.86. The monoisotopic (exact) mass is 322 g/mol. The van der Waals surface area contributed by atoms with E-state index in [1.807, 2.05) is 0 Å². The molecule has 0 N–H and O–H groups in total. The largest absolute Gasteiger partial charge is 0.424 e. The number of carbonyl (C=O) groups excluding carboxylic acids is 2. The number of hydrogen-bond acceptors (Lipinski definition) is 6. The molecule has 0 spiro atoms. The van der Waals surface area contributed by atoms with Crippen LogP contribution in [-0.4, -0.2) is 23.6 Å². The molecule has 1 aromatic carbocycles. The van der Waals surface area contributed by atoms with Gasteiger partial charge in [0.15, 0.2) is 0 Å². The Bertz CT molecular complexity index is 780. The minimum atomic E-state index is -0.595. The Kier molecular flexibility index (Phi) is 5.74. The Balaban J connectivity index is 2.00. The van der Waals surface area contributed by atoms with Crippen molar-refractivity contribution >= 4 is 18.7 Å². The summed E-state index contributed by atoms with van der Waals surface area (Å²) < 4.78 is 10.2. The van der Waals surface area contributed by atoms with Crippen molar-refractivity contribution in [1.82, 2.24) is 4.98 Å². The number of benzene rings is 1. The van der Waals surface area contributed by atoms with Gasteiger partial charge in [-0.3, -0.25) is 9.98 Å². The van der Waals surface area contributed by atoms with E-state index in [0.29, 0.717) is 11.3 Å². The van der Waals surface area contributed by atoms with Crippen LogP contribution in [0.1, 0.15) is 20.7 Å². The van der Waals surface area contributed by atoms with Gasteiger partial charge in [-0.1, -0.05) is 6.58 Å². The summed E-state index contributed by atoms with van der Waals surface area (Å²) in [6.45, 7) is 6.81. The quantitative estimate of drug-likeness (QED) is 0.353. The van der Waals surface area contributed by atoms with Crippen molar-refractivity contribution < 1.29 is 19.1 Å². The average Bonchev–Trinajstić information content (AvgIpc) is 2.61. The minimum absolute atomic E-state index is 0.133. The average molecular weight is 322 g/mol. The molecule has 0 amide bonds. The van der Waals surface area contributed by atoms with E-state index in [1.165, 1.54) is 48.9 Å².